The zero-order valence-corrected chi connectivity index (χ0v) is 24.9. The monoisotopic (exact) mass is 604 g/mol. The SMILES string of the molecule is COc1ccc(-c2coc3cc(OCCCCN(C)C4CCN(Cc5cccc(Br)c5)CC4)ccc3c2=O)cc1. The minimum Gasteiger partial charge on any atom is -0.497 e. The molecule has 7 heteroatoms. The maximum atomic E-state index is 13.1. The average molecular weight is 606 g/mol. The van der Waals surface area contributed by atoms with Crippen LogP contribution >= 0.6 is 15.9 Å². The van der Waals surface area contributed by atoms with Gasteiger partial charge in [0, 0.05) is 23.1 Å². The minimum absolute atomic E-state index is 0.0556. The Morgan fingerprint density at radius 1 is 1.00 bits per heavy atom. The number of piperidine rings is 1. The lowest BCUT2D eigenvalue weighted by molar-refractivity contribution is 0.121. The Bertz CT molecular complexity index is 1460. The number of benzene rings is 3. The predicted octanol–water partition coefficient (Wildman–Crippen LogP) is 6.99. The Morgan fingerprint density at radius 3 is 2.52 bits per heavy atom. The molecule has 0 atom stereocenters. The minimum atomic E-state index is -0.0556. The maximum absolute atomic E-state index is 13.1. The van der Waals surface area contributed by atoms with Crippen molar-refractivity contribution in [3.63, 3.8) is 0 Å². The van der Waals surface area contributed by atoms with E-state index in [-0.39, 0.29) is 5.43 Å². The number of rotatable bonds is 11. The molecular weight excluding hydrogens is 568 g/mol. The summed E-state index contributed by atoms with van der Waals surface area (Å²) in [7, 11) is 3.87. The number of nitrogens with zero attached hydrogens (tertiary/aromatic N) is 2. The van der Waals surface area contributed by atoms with Gasteiger partial charge in [-0.1, -0.05) is 40.2 Å². The zero-order chi connectivity index (χ0) is 27.9. The van der Waals surface area contributed by atoms with Crippen molar-refractivity contribution in [2.75, 3.05) is 40.4 Å². The average Bonchev–Trinajstić information content (AvgIpc) is 2.97. The second-order valence-corrected chi connectivity index (χ2v) is 11.5. The largest absolute Gasteiger partial charge is 0.497 e. The summed E-state index contributed by atoms with van der Waals surface area (Å²) in [5.41, 5.74) is 3.18. The molecule has 0 aliphatic carbocycles. The van der Waals surface area contributed by atoms with Gasteiger partial charge in [-0.2, -0.15) is 0 Å². The number of ether oxygens (including phenoxy) is 2. The van der Waals surface area contributed by atoms with Gasteiger partial charge >= 0.3 is 0 Å². The standard InChI is InChI=1S/C33H37BrN2O4/c1-35(27-14-17-36(18-15-27)22-24-6-5-7-26(34)20-24)16-3-4-19-39-29-12-13-30-32(21-29)40-23-31(33(30)37)25-8-10-28(38-2)11-9-25/h5-13,20-21,23,27H,3-4,14-19,22H2,1-2H3. The molecule has 3 aromatic carbocycles. The topological polar surface area (TPSA) is 55.2 Å². The molecule has 1 aliphatic rings. The van der Waals surface area contributed by atoms with Crippen molar-refractivity contribution in [3.8, 4) is 22.6 Å². The van der Waals surface area contributed by atoms with Gasteiger partial charge in [0.1, 0.15) is 23.3 Å². The third-order valence-corrected chi connectivity index (χ3v) is 8.29. The van der Waals surface area contributed by atoms with Gasteiger partial charge in [-0.3, -0.25) is 9.69 Å². The molecule has 210 valence electrons. The van der Waals surface area contributed by atoms with Gasteiger partial charge in [-0.25, -0.2) is 0 Å². The van der Waals surface area contributed by atoms with E-state index in [4.69, 9.17) is 13.9 Å². The van der Waals surface area contributed by atoms with Crippen LogP contribution in [0.2, 0.25) is 0 Å². The highest BCUT2D eigenvalue weighted by Crippen LogP contribution is 2.25. The smallest absolute Gasteiger partial charge is 0.200 e. The van der Waals surface area contributed by atoms with E-state index in [2.05, 4.69) is 57.0 Å². The molecule has 1 aliphatic heterocycles. The number of fused-ring (bicyclic) bond motifs is 1. The van der Waals surface area contributed by atoms with E-state index in [9.17, 15) is 4.79 Å². The fourth-order valence-electron chi connectivity index (χ4n) is 5.42. The molecule has 5 rings (SSSR count). The van der Waals surface area contributed by atoms with Crippen LogP contribution in [0.4, 0.5) is 0 Å². The quantitative estimate of drug-likeness (QED) is 0.172. The molecule has 0 N–H and O–H groups in total. The summed E-state index contributed by atoms with van der Waals surface area (Å²) in [5.74, 6) is 1.47. The van der Waals surface area contributed by atoms with Crippen molar-refractivity contribution < 1.29 is 13.9 Å². The molecule has 0 spiro atoms. The molecule has 0 unspecified atom stereocenters. The first-order chi connectivity index (χ1) is 19.5. The highest BCUT2D eigenvalue weighted by molar-refractivity contribution is 9.10. The first-order valence-corrected chi connectivity index (χ1v) is 14.8. The van der Waals surface area contributed by atoms with Crippen molar-refractivity contribution in [3.05, 3.63) is 93.3 Å². The van der Waals surface area contributed by atoms with Crippen molar-refractivity contribution in [1.82, 2.24) is 9.80 Å². The second kappa shape index (κ2) is 13.5. The molecule has 0 radical (unpaired) electrons. The van der Waals surface area contributed by atoms with Crippen LogP contribution in [0.5, 0.6) is 11.5 Å². The third kappa shape index (κ3) is 7.14. The summed E-state index contributed by atoms with van der Waals surface area (Å²) in [4.78, 5) is 18.1. The Morgan fingerprint density at radius 2 is 1.77 bits per heavy atom. The van der Waals surface area contributed by atoms with Crippen LogP contribution in [0.25, 0.3) is 22.1 Å². The Kier molecular flexibility index (Phi) is 9.57. The molecule has 0 bridgehead atoms. The lowest BCUT2D eigenvalue weighted by atomic mass is 10.0. The van der Waals surface area contributed by atoms with Crippen LogP contribution in [0, 0.1) is 0 Å². The maximum Gasteiger partial charge on any atom is 0.200 e. The first-order valence-electron chi connectivity index (χ1n) is 14.0. The Balaban J connectivity index is 1.05. The Labute approximate surface area is 244 Å². The van der Waals surface area contributed by atoms with Gasteiger partial charge in [0.2, 0.25) is 0 Å². The van der Waals surface area contributed by atoms with Gasteiger partial charge in [0.25, 0.3) is 0 Å². The van der Waals surface area contributed by atoms with Crippen molar-refractivity contribution in [2.24, 2.45) is 0 Å². The second-order valence-electron chi connectivity index (χ2n) is 10.5. The van der Waals surface area contributed by atoms with E-state index in [1.54, 1.807) is 13.2 Å². The first kappa shape index (κ1) is 28.4. The fraction of sp³-hybridized carbons (Fsp3) is 0.364. The van der Waals surface area contributed by atoms with E-state index in [0.29, 0.717) is 29.2 Å². The summed E-state index contributed by atoms with van der Waals surface area (Å²) >= 11 is 3.58. The molecular formula is C33H37BrN2O4. The normalized spacial score (nSPS) is 14.6. The number of methoxy groups -OCH3 is 1. The summed E-state index contributed by atoms with van der Waals surface area (Å²) in [5, 5.41) is 0.546. The van der Waals surface area contributed by atoms with Gasteiger partial charge in [0.05, 0.1) is 24.7 Å². The van der Waals surface area contributed by atoms with Crippen molar-refractivity contribution in [1.29, 1.82) is 0 Å². The fourth-order valence-corrected chi connectivity index (χ4v) is 5.86. The molecule has 0 saturated carbocycles. The van der Waals surface area contributed by atoms with Gasteiger partial charge in [0.15, 0.2) is 5.43 Å². The van der Waals surface area contributed by atoms with Crippen LogP contribution in [-0.2, 0) is 6.54 Å². The number of hydrogen-bond acceptors (Lipinski definition) is 6. The van der Waals surface area contributed by atoms with Crippen LogP contribution < -0.4 is 14.9 Å². The van der Waals surface area contributed by atoms with E-state index < -0.39 is 0 Å². The van der Waals surface area contributed by atoms with Crippen molar-refractivity contribution >= 4 is 26.9 Å². The summed E-state index contributed by atoms with van der Waals surface area (Å²) in [6.07, 6.45) is 6.01. The number of hydrogen-bond donors (Lipinski definition) is 0. The van der Waals surface area contributed by atoms with Crippen LogP contribution in [0.15, 0.2) is 86.7 Å². The lowest BCUT2D eigenvalue weighted by Crippen LogP contribution is -2.43. The molecule has 2 heterocycles. The Hall–Kier alpha value is -3.13. The number of halogens is 1. The van der Waals surface area contributed by atoms with Gasteiger partial charge < -0.3 is 18.8 Å². The predicted molar refractivity (Wildman–Crippen MR) is 164 cm³/mol. The van der Waals surface area contributed by atoms with Gasteiger partial charge in [-0.05, 0) is 99.9 Å². The van der Waals surface area contributed by atoms with E-state index >= 15 is 0 Å². The van der Waals surface area contributed by atoms with Gasteiger partial charge in [-0.15, -0.1) is 0 Å². The number of unbranched alkanes of at least 4 members (excludes halogenated alkanes) is 1. The molecule has 40 heavy (non-hydrogen) atoms. The molecule has 0 amide bonds. The van der Waals surface area contributed by atoms with E-state index in [1.807, 2.05) is 36.4 Å². The molecule has 4 aromatic rings. The summed E-state index contributed by atoms with van der Waals surface area (Å²) in [6.45, 7) is 5.02. The van der Waals surface area contributed by atoms with Crippen LogP contribution in [-0.4, -0.2) is 56.2 Å². The third-order valence-electron chi connectivity index (χ3n) is 7.80. The lowest BCUT2D eigenvalue weighted by Gasteiger charge is -2.36. The highest BCUT2D eigenvalue weighted by Gasteiger charge is 2.22. The molecule has 1 fully saturated rings. The highest BCUT2D eigenvalue weighted by atomic mass is 79.9. The van der Waals surface area contributed by atoms with E-state index in [0.717, 1.165) is 60.6 Å². The zero-order valence-electron chi connectivity index (χ0n) is 23.3. The van der Waals surface area contributed by atoms with Crippen LogP contribution in [0.3, 0.4) is 0 Å². The van der Waals surface area contributed by atoms with Crippen molar-refractivity contribution in [2.45, 2.75) is 38.3 Å². The molecule has 1 aromatic heterocycles. The van der Waals surface area contributed by atoms with E-state index in [1.165, 1.54) is 24.7 Å². The summed E-state index contributed by atoms with van der Waals surface area (Å²) in [6, 6.07) is 22.1. The molecule has 1 saturated heterocycles. The summed E-state index contributed by atoms with van der Waals surface area (Å²) < 4.78 is 18.2. The number of likely N-dealkylation sites (tertiary alicyclic amines) is 1. The van der Waals surface area contributed by atoms with Crippen LogP contribution in [0.1, 0.15) is 31.2 Å². The molecule has 6 nitrogen and oxygen atoms in total.